The maximum atomic E-state index is 11.2. The molecular weight excluding hydrogens is 254 g/mol. The molecular formula is C9H16ClNO4S. The predicted octanol–water partition coefficient (Wildman–Crippen LogP) is 0.721. The van der Waals surface area contributed by atoms with Gasteiger partial charge in [-0.2, -0.15) is 0 Å². The van der Waals surface area contributed by atoms with Gasteiger partial charge in [-0.15, -0.1) is 12.4 Å². The van der Waals surface area contributed by atoms with E-state index in [1.54, 1.807) is 6.08 Å². The summed E-state index contributed by atoms with van der Waals surface area (Å²) in [6, 6.07) is 0. The van der Waals surface area contributed by atoms with Gasteiger partial charge >= 0.3 is 5.97 Å². The molecule has 0 aromatic rings. The lowest BCUT2D eigenvalue weighted by Crippen LogP contribution is -2.37. The first kappa shape index (κ1) is 15.4. The third kappa shape index (κ3) is 4.96. The van der Waals surface area contributed by atoms with Crippen LogP contribution in [0.15, 0.2) is 12.2 Å². The highest BCUT2D eigenvalue weighted by Crippen LogP contribution is 2.19. The number of sulfonamides is 1. The molecule has 1 saturated heterocycles. The summed E-state index contributed by atoms with van der Waals surface area (Å²) in [5.74, 6) is -0.778. The number of carbonyl (C=O) groups is 1. The molecule has 0 saturated carbocycles. The lowest BCUT2D eigenvalue weighted by Gasteiger charge is -2.28. The second kappa shape index (κ2) is 6.22. The third-order valence-corrected chi connectivity index (χ3v) is 3.78. The molecule has 5 nitrogen and oxygen atoms in total. The molecule has 0 amide bonds. The number of hydrogen-bond donors (Lipinski definition) is 1. The first-order valence-electron chi connectivity index (χ1n) is 4.76. The average molecular weight is 270 g/mol. The molecule has 0 aromatic heterocycles. The van der Waals surface area contributed by atoms with Gasteiger partial charge in [-0.1, -0.05) is 6.08 Å². The molecule has 0 aliphatic carbocycles. The summed E-state index contributed by atoms with van der Waals surface area (Å²) in [7, 11) is -3.09. The molecule has 0 spiro atoms. The van der Waals surface area contributed by atoms with Crippen LogP contribution >= 0.6 is 12.4 Å². The van der Waals surface area contributed by atoms with Crippen molar-refractivity contribution in [2.75, 3.05) is 19.3 Å². The fraction of sp³-hybridized carbons (Fsp3) is 0.667. The lowest BCUT2D eigenvalue weighted by molar-refractivity contribution is -0.131. The molecule has 1 rings (SSSR count). The van der Waals surface area contributed by atoms with Crippen LogP contribution < -0.4 is 0 Å². The first-order chi connectivity index (χ1) is 6.89. The van der Waals surface area contributed by atoms with Crippen molar-refractivity contribution in [3.8, 4) is 0 Å². The normalized spacial score (nSPS) is 19.6. The Morgan fingerprint density at radius 2 is 1.88 bits per heavy atom. The molecule has 0 radical (unpaired) electrons. The van der Waals surface area contributed by atoms with Crippen LogP contribution in [-0.4, -0.2) is 43.1 Å². The van der Waals surface area contributed by atoms with Crippen molar-refractivity contribution in [3.05, 3.63) is 12.2 Å². The molecule has 94 valence electrons. The minimum Gasteiger partial charge on any atom is -0.478 e. The smallest absolute Gasteiger partial charge is 0.327 e. The Hall–Kier alpha value is -0.590. The van der Waals surface area contributed by atoms with Crippen molar-refractivity contribution in [3.63, 3.8) is 0 Å². The maximum Gasteiger partial charge on any atom is 0.327 e. The predicted molar refractivity (Wildman–Crippen MR) is 63.2 cm³/mol. The molecule has 0 unspecified atom stereocenters. The lowest BCUT2D eigenvalue weighted by atomic mass is 9.98. The first-order valence-corrected chi connectivity index (χ1v) is 6.60. The zero-order valence-electron chi connectivity index (χ0n) is 9.00. The van der Waals surface area contributed by atoms with Gasteiger partial charge in [-0.3, -0.25) is 0 Å². The maximum absolute atomic E-state index is 11.2. The third-order valence-electron chi connectivity index (χ3n) is 2.48. The highest BCUT2D eigenvalue weighted by Gasteiger charge is 2.23. The van der Waals surface area contributed by atoms with Gasteiger partial charge in [0.15, 0.2) is 0 Å². The van der Waals surface area contributed by atoms with E-state index < -0.39 is 16.0 Å². The number of nitrogens with zero attached hydrogens (tertiary/aromatic N) is 1. The number of aliphatic carboxylic acids is 1. The van der Waals surface area contributed by atoms with Crippen LogP contribution in [0.4, 0.5) is 0 Å². The minimum absolute atomic E-state index is 0. The SMILES string of the molecule is CS(=O)(=O)N1CCC(C=CC(=O)O)CC1.Cl. The van der Waals surface area contributed by atoms with Crippen molar-refractivity contribution in [1.29, 1.82) is 0 Å². The molecule has 0 aromatic carbocycles. The van der Waals surface area contributed by atoms with Gasteiger partial charge in [-0.25, -0.2) is 17.5 Å². The van der Waals surface area contributed by atoms with E-state index in [0.717, 1.165) is 6.08 Å². The van der Waals surface area contributed by atoms with Gasteiger partial charge in [0.2, 0.25) is 10.0 Å². The summed E-state index contributed by atoms with van der Waals surface area (Å²) >= 11 is 0. The average Bonchev–Trinajstić information content (AvgIpc) is 2.14. The largest absolute Gasteiger partial charge is 0.478 e. The van der Waals surface area contributed by atoms with Gasteiger partial charge in [0.05, 0.1) is 6.26 Å². The van der Waals surface area contributed by atoms with Crippen molar-refractivity contribution in [2.45, 2.75) is 12.8 Å². The fourth-order valence-corrected chi connectivity index (χ4v) is 2.49. The Labute approximate surface area is 102 Å². The fourth-order valence-electron chi connectivity index (χ4n) is 1.62. The van der Waals surface area contributed by atoms with E-state index in [2.05, 4.69) is 0 Å². The van der Waals surface area contributed by atoms with Gasteiger partial charge in [-0.05, 0) is 18.8 Å². The van der Waals surface area contributed by atoms with E-state index in [1.807, 2.05) is 0 Å². The van der Waals surface area contributed by atoms with E-state index >= 15 is 0 Å². The molecule has 1 heterocycles. The molecule has 7 heteroatoms. The zero-order chi connectivity index (χ0) is 11.5. The van der Waals surface area contributed by atoms with E-state index in [4.69, 9.17) is 5.11 Å². The number of piperidine rings is 1. The standard InChI is InChI=1S/C9H15NO4S.ClH/c1-15(13,14)10-6-4-8(5-7-10)2-3-9(11)12;/h2-3,8H,4-7H2,1H3,(H,11,12);1H. The molecule has 0 bridgehead atoms. The number of allylic oxidation sites excluding steroid dienone is 1. The Morgan fingerprint density at radius 1 is 1.38 bits per heavy atom. The molecule has 1 fully saturated rings. The zero-order valence-corrected chi connectivity index (χ0v) is 10.6. The number of hydrogen-bond acceptors (Lipinski definition) is 3. The quantitative estimate of drug-likeness (QED) is 0.766. The number of rotatable bonds is 3. The highest BCUT2D eigenvalue weighted by molar-refractivity contribution is 7.88. The van der Waals surface area contributed by atoms with Crippen LogP contribution in [0.1, 0.15) is 12.8 Å². The van der Waals surface area contributed by atoms with Crippen molar-refractivity contribution < 1.29 is 18.3 Å². The molecule has 16 heavy (non-hydrogen) atoms. The summed E-state index contributed by atoms with van der Waals surface area (Å²) in [5, 5.41) is 8.43. The van der Waals surface area contributed by atoms with E-state index in [-0.39, 0.29) is 18.3 Å². The van der Waals surface area contributed by atoms with Crippen LogP contribution in [0.25, 0.3) is 0 Å². The monoisotopic (exact) mass is 269 g/mol. The topological polar surface area (TPSA) is 74.7 Å². The molecule has 1 aliphatic rings. The van der Waals surface area contributed by atoms with Crippen LogP contribution in [0.2, 0.25) is 0 Å². The molecule has 1 N–H and O–H groups in total. The second-order valence-corrected chi connectivity index (χ2v) is 5.68. The van der Waals surface area contributed by atoms with Crippen LogP contribution in [0.3, 0.4) is 0 Å². The van der Waals surface area contributed by atoms with Crippen molar-refractivity contribution in [2.24, 2.45) is 5.92 Å². The Balaban J connectivity index is 0.00000225. The summed E-state index contributed by atoms with van der Waals surface area (Å²) in [5.41, 5.74) is 0. The van der Waals surface area contributed by atoms with E-state index in [1.165, 1.54) is 10.6 Å². The second-order valence-electron chi connectivity index (χ2n) is 3.70. The van der Waals surface area contributed by atoms with Crippen LogP contribution in [0, 0.1) is 5.92 Å². The summed E-state index contributed by atoms with van der Waals surface area (Å²) < 4.78 is 23.8. The Bertz CT molecular complexity index is 358. The summed E-state index contributed by atoms with van der Waals surface area (Å²) in [6.07, 6.45) is 5.34. The van der Waals surface area contributed by atoms with E-state index in [0.29, 0.717) is 25.9 Å². The van der Waals surface area contributed by atoms with E-state index in [9.17, 15) is 13.2 Å². The Morgan fingerprint density at radius 3 is 2.25 bits per heavy atom. The summed E-state index contributed by atoms with van der Waals surface area (Å²) in [6.45, 7) is 0.959. The van der Waals surface area contributed by atoms with Gasteiger partial charge in [0.25, 0.3) is 0 Å². The molecule has 1 aliphatic heterocycles. The summed E-state index contributed by atoms with van der Waals surface area (Å²) in [4.78, 5) is 10.3. The van der Waals surface area contributed by atoms with Crippen molar-refractivity contribution >= 4 is 28.4 Å². The van der Waals surface area contributed by atoms with Crippen LogP contribution in [0.5, 0.6) is 0 Å². The van der Waals surface area contributed by atoms with Gasteiger partial charge in [0.1, 0.15) is 0 Å². The van der Waals surface area contributed by atoms with Gasteiger partial charge in [0, 0.05) is 19.2 Å². The number of carboxylic acid groups (broad SMARTS) is 1. The van der Waals surface area contributed by atoms with Gasteiger partial charge < -0.3 is 5.11 Å². The number of halogens is 1. The number of carboxylic acids is 1. The molecule has 0 atom stereocenters. The minimum atomic E-state index is -3.09. The Kier molecular flexibility index (Phi) is 5.99. The van der Waals surface area contributed by atoms with Crippen molar-refractivity contribution in [1.82, 2.24) is 4.31 Å². The van der Waals surface area contributed by atoms with Crippen LogP contribution in [-0.2, 0) is 14.8 Å². The highest BCUT2D eigenvalue weighted by atomic mass is 35.5.